The molecule has 0 spiro atoms. The number of nitrogens with one attached hydrogen (secondary N) is 1. The van der Waals surface area contributed by atoms with Gasteiger partial charge in [-0.05, 0) is 25.5 Å². The first kappa shape index (κ1) is 20.9. The number of amides is 1. The van der Waals surface area contributed by atoms with Crippen LogP contribution in [-0.4, -0.2) is 36.8 Å². The molecule has 1 atom stereocenters. The van der Waals surface area contributed by atoms with Gasteiger partial charge in [-0.2, -0.15) is 0 Å². The van der Waals surface area contributed by atoms with Gasteiger partial charge in [0.25, 0.3) is 0 Å². The fourth-order valence-electron chi connectivity index (χ4n) is 2.91. The van der Waals surface area contributed by atoms with Gasteiger partial charge in [0, 0.05) is 5.56 Å². The van der Waals surface area contributed by atoms with Crippen LogP contribution in [0, 0.1) is 6.92 Å². The minimum absolute atomic E-state index is 0.303. The summed E-state index contributed by atoms with van der Waals surface area (Å²) >= 11 is 1.24. The van der Waals surface area contributed by atoms with E-state index in [-0.39, 0.29) is 0 Å². The monoisotopic (exact) mass is 430 g/mol. The topological polar surface area (TPSA) is 92.3 Å². The normalized spacial score (nSPS) is 12.4. The summed E-state index contributed by atoms with van der Waals surface area (Å²) in [7, 11) is -3.67. The minimum Gasteiger partial charge on any atom is -0.299 e. The van der Waals surface area contributed by atoms with Gasteiger partial charge >= 0.3 is 0 Å². The average Bonchev–Trinajstić information content (AvgIpc) is 3.14. The summed E-state index contributed by atoms with van der Waals surface area (Å²) in [4.78, 5) is 12.9. The molecule has 1 unspecified atom stereocenters. The van der Waals surface area contributed by atoms with Crippen molar-refractivity contribution < 1.29 is 13.2 Å². The van der Waals surface area contributed by atoms with Crippen LogP contribution < -0.4 is 9.62 Å². The lowest BCUT2D eigenvalue weighted by Gasteiger charge is -2.29. The van der Waals surface area contributed by atoms with Crippen molar-refractivity contribution in [1.82, 2.24) is 10.2 Å². The van der Waals surface area contributed by atoms with E-state index in [0.717, 1.165) is 21.7 Å². The molecule has 1 heterocycles. The van der Waals surface area contributed by atoms with Crippen molar-refractivity contribution in [1.29, 1.82) is 0 Å². The molecule has 0 radical (unpaired) electrons. The Kier molecular flexibility index (Phi) is 6.29. The number of para-hydroxylation sites is 1. The number of aryl methyl sites for hydroxylation is 1. The Morgan fingerprint density at radius 1 is 1.10 bits per heavy atom. The van der Waals surface area contributed by atoms with E-state index in [1.54, 1.807) is 37.3 Å². The van der Waals surface area contributed by atoms with E-state index < -0.39 is 22.0 Å². The number of carbonyl (C=O) groups excluding carboxylic acids is 1. The zero-order valence-corrected chi connectivity index (χ0v) is 18.0. The van der Waals surface area contributed by atoms with Crippen molar-refractivity contribution in [2.45, 2.75) is 26.3 Å². The molecule has 0 saturated carbocycles. The fourth-order valence-corrected chi connectivity index (χ4v) is 4.87. The predicted octanol–water partition coefficient (Wildman–Crippen LogP) is 3.70. The Morgan fingerprint density at radius 2 is 1.76 bits per heavy atom. The van der Waals surface area contributed by atoms with Crippen molar-refractivity contribution >= 4 is 38.1 Å². The lowest BCUT2D eigenvalue weighted by molar-refractivity contribution is -0.117. The standard InChI is InChI=1S/C20H22N4O3S2/c1-4-17(24(29(3,26)27)16-8-6-5-7-9-16)18(25)21-20-23-22-19(28-20)15-12-10-14(2)11-13-15/h5-13,17H,4H2,1-3H3,(H,21,23,25). The SMILES string of the molecule is CCC(C(=O)Nc1nnc(-c2ccc(C)cc2)s1)N(c1ccccc1)S(C)(=O)=O. The van der Waals surface area contributed by atoms with Crippen LogP contribution in [0.2, 0.25) is 0 Å². The highest BCUT2D eigenvalue weighted by atomic mass is 32.2. The highest BCUT2D eigenvalue weighted by molar-refractivity contribution is 7.92. The third kappa shape index (κ3) is 4.99. The van der Waals surface area contributed by atoms with Gasteiger partial charge < -0.3 is 0 Å². The van der Waals surface area contributed by atoms with Crippen molar-refractivity contribution in [3.63, 3.8) is 0 Å². The Hall–Kier alpha value is -2.78. The lowest BCUT2D eigenvalue weighted by Crippen LogP contribution is -2.46. The Morgan fingerprint density at radius 3 is 2.34 bits per heavy atom. The fraction of sp³-hybridized carbons (Fsp3) is 0.250. The van der Waals surface area contributed by atoms with E-state index in [1.165, 1.54) is 11.3 Å². The van der Waals surface area contributed by atoms with Crippen LogP contribution in [0.3, 0.4) is 0 Å². The van der Waals surface area contributed by atoms with E-state index >= 15 is 0 Å². The van der Waals surface area contributed by atoms with Gasteiger partial charge in [0.1, 0.15) is 11.0 Å². The number of sulfonamides is 1. The Labute approximate surface area is 174 Å². The molecule has 0 saturated heterocycles. The molecule has 0 bridgehead atoms. The van der Waals surface area contributed by atoms with Crippen LogP contribution in [0.5, 0.6) is 0 Å². The molecule has 0 fully saturated rings. The molecule has 0 aliphatic rings. The first-order valence-corrected chi connectivity index (χ1v) is 11.7. The number of hydrogen-bond donors (Lipinski definition) is 1. The zero-order chi connectivity index (χ0) is 21.0. The third-order valence-corrected chi connectivity index (χ3v) is 6.36. The van der Waals surface area contributed by atoms with Crippen LogP contribution in [0.4, 0.5) is 10.8 Å². The van der Waals surface area contributed by atoms with E-state index in [2.05, 4.69) is 15.5 Å². The smallest absolute Gasteiger partial charge is 0.250 e. The Balaban J connectivity index is 1.83. The summed E-state index contributed by atoms with van der Waals surface area (Å²) in [6.07, 6.45) is 1.40. The molecule has 0 aliphatic carbocycles. The van der Waals surface area contributed by atoms with Crippen LogP contribution in [0.15, 0.2) is 54.6 Å². The molecule has 3 aromatic rings. The summed E-state index contributed by atoms with van der Waals surface area (Å²) in [6, 6.07) is 15.5. The number of hydrogen-bond acceptors (Lipinski definition) is 6. The predicted molar refractivity (Wildman–Crippen MR) is 117 cm³/mol. The van der Waals surface area contributed by atoms with E-state index in [1.807, 2.05) is 31.2 Å². The average molecular weight is 431 g/mol. The minimum atomic E-state index is -3.67. The summed E-state index contributed by atoms with van der Waals surface area (Å²) in [5.74, 6) is -0.451. The molecule has 1 amide bonds. The summed E-state index contributed by atoms with van der Waals surface area (Å²) < 4.78 is 26.0. The second-order valence-corrected chi connectivity index (χ2v) is 9.42. The zero-order valence-electron chi connectivity index (χ0n) is 16.4. The molecule has 9 heteroatoms. The van der Waals surface area contributed by atoms with E-state index in [4.69, 9.17) is 0 Å². The third-order valence-electron chi connectivity index (χ3n) is 4.29. The van der Waals surface area contributed by atoms with Crippen LogP contribution in [0.1, 0.15) is 18.9 Å². The summed E-state index contributed by atoms with van der Waals surface area (Å²) in [5.41, 5.74) is 2.48. The maximum atomic E-state index is 12.9. The number of aromatic nitrogens is 2. The molecule has 1 aromatic heterocycles. The van der Waals surface area contributed by atoms with Gasteiger partial charge in [0.05, 0.1) is 11.9 Å². The van der Waals surface area contributed by atoms with Gasteiger partial charge in [-0.1, -0.05) is 66.3 Å². The Bertz CT molecular complexity index is 1080. The van der Waals surface area contributed by atoms with Crippen molar-refractivity contribution in [3.8, 4) is 10.6 Å². The number of carbonyl (C=O) groups is 1. The molecule has 2 aromatic carbocycles. The van der Waals surface area contributed by atoms with Gasteiger partial charge in [0.15, 0.2) is 0 Å². The molecular weight excluding hydrogens is 408 g/mol. The first-order chi connectivity index (χ1) is 13.8. The van der Waals surface area contributed by atoms with E-state index in [0.29, 0.717) is 22.2 Å². The second kappa shape index (κ2) is 8.71. The highest BCUT2D eigenvalue weighted by Gasteiger charge is 2.32. The molecule has 1 N–H and O–H groups in total. The molecule has 0 aliphatic heterocycles. The van der Waals surface area contributed by atoms with Crippen LogP contribution >= 0.6 is 11.3 Å². The van der Waals surface area contributed by atoms with Crippen LogP contribution in [-0.2, 0) is 14.8 Å². The molecular formula is C20H22N4O3S2. The number of anilines is 2. The molecule has 152 valence electrons. The maximum absolute atomic E-state index is 12.9. The molecule has 3 rings (SSSR count). The number of benzene rings is 2. The largest absolute Gasteiger partial charge is 0.299 e. The lowest BCUT2D eigenvalue weighted by atomic mass is 10.2. The van der Waals surface area contributed by atoms with Gasteiger partial charge in [-0.15, -0.1) is 10.2 Å². The van der Waals surface area contributed by atoms with Crippen molar-refractivity contribution in [2.75, 3.05) is 15.9 Å². The number of nitrogens with zero attached hydrogens (tertiary/aromatic N) is 3. The summed E-state index contributed by atoms with van der Waals surface area (Å²) in [5, 5.41) is 11.9. The first-order valence-electron chi connectivity index (χ1n) is 9.05. The van der Waals surface area contributed by atoms with Crippen molar-refractivity contribution in [2.24, 2.45) is 0 Å². The van der Waals surface area contributed by atoms with Gasteiger partial charge in [-0.3, -0.25) is 14.4 Å². The molecule has 7 nitrogen and oxygen atoms in total. The van der Waals surface area contributed by atoms with Gasteiger partial charge in [0.2, 0.25) is 21.1 Å². The maximum Gasteiger partial charge on any atom is 0.250 e. The highest BCUT2D eigenvalue weighted by Crippen LogP contribution is 2.28. The summed E-state index contributed by atoms with van der Waals surface area (Å²) in [6.45, 7) is 3.77. The quantitative estimate of drug-likeness (QED) is 0.617. The second-order valence-electron chi connectivity index (χ2n) is 6.59. The van der Waals surface area contributed by atoms with Gasteiger partial charge in [-0.25, -0.2) is 8.42 Å². The molecule has 29 heavy (non-hydrogen) atoms. The van der Waals surface area contributed by atoms with Crippen molar-refractivity contribution in [3.05, 3.63) is 60.2 Å². The number of rotatable bonds is 7. The van der Waals surface area contributed by atoms with E-state index in [9.17, 15) is 13.2 Å². The van der Waals surface area contributed by atoms with Crippen LogP contribution in [0.25, 0.3) is 10.6 Å².